The summed E-state index contributed by atoms with van der Waals surface area (Å²) in [6, 6.07) is 1.41. The van der Waals surface area contributed by atoms with Crippen molar-refractivity contribution in [3.05, 3.63) is 17.0 Å². The molecule has 0 aromatic carbocycles. The van der Waals surface area contributed by atoms with Gasteiger partial charge in [0.05, 0.1) is 12.1 Å². The molecule has 2 bridgehead atoms. The summed E-state index contributed by atoms with van der Waals surface area (Å²) in [5.41, 5.74) is 1.03. The molecule has 13 heavy (non-hydrogen) atoms. The number of hydrogen-bond donors (Lipinski definition) is 0. The van der Waals surface area contributed by atoms with Crippen LogP contribution >= 0.6 is 0 Å². The summed E-state index contributed by atoms with van der Waals surface area (Å²) >= 11 is 0. The van der Waals surface area contributed by atoms with Crippen molar-refractivity contribution in [1.82, 2.24) is 4.90 Å². The summed E-state index contributed by atoms with van der Waals surface area (Å²) in [6.45, 7) is 2.49. The molecule has 0 aromatic heterocycles. The molecule has 0 aliphatic carbocycles. The number of nitriles is 1. The van der Waals surface area contributed by atoms with Gasteiger partial charge >= 0.3 is 29.6 Å². The Balaban J connectivity index is 0.000000845. The molecular weight excluding hydrogens is 177 g/mol. The summed E-state index contributed by atoms with van der Waals surface area (Å²) < 4.78 is 0. The van der Waals surface area contributed by atoms with Crippen molar-refractivity contribution < 1.29 is 34.4 Å². The molecule has 5 heteroatoms. The van der Waals surface area contributed by atoms with Crippen LogP contribution in [-0.4, -0.2) is 29.6 Å². The van der Waals surface area contributed by atoms with E-state index in [1.165, 1.54) is 4.90 Å². The second kappa shape index (κ2) is 3.70. The minimum Gasteiger partial charge on any atom is -0.423 e. The van der Waals surface area contributed by atoms with Crippen molar-refractivity contribution in [2.24, 2.45) is 0 Å². The third kappa shape index (κ3) is 1.60. The molecule has 2 aliphatic heterocycles. The molecule has 2 amide bonds. The first-order valence-corrected chi connectivity index (χ1v) is 3.82. The van der Waals surface area contributed by atoms with Gasteiger partial charge in [-0.25, -0.2) is 0 Å². The Bertz CT molecular complexity index is 307. The number of carbonyl (C=O) groups is 1. The van der Waals surface area contributed by atoms with Gasteiger partial charge in [0.15, 0.2) is 6.03 Å². The molecule has 2 aliphatic rings. The fourth-order valence-corrected chi connectivity index (χ4v) is 1.55. The number of hydrogen-bond acceptors (Lipinski definition) is 2. The van der Waals surface area contributed by atoms with Gasteiger partial charge in [0, 0.05) is 0 Å². The Labute approximate surface area is 98.9 Å². The van der Waals surface area contributed by atoms with Crippen LogP contribution in [0.5, 0.6) is 0 Å². The monoisotopic (exact) mass is 185 g/mol. The predicted octanol–water partition coefficient (Wildman–Crippen LogP) is -1.98. The average Bonchev–Trinajstić information content (AvgIpc) is 2.38. The van der Waals surface area contributed by atoms with Gasteiger partial charge in [0.1, 0.15) is 0 Å². The number of urea groups is 1. The minimum atomic E-state index is -0.403. The molecule has 0 radical (unpaired) electrons. The van der Waals surface area contributed by atoms with Gasteiger partial charge in [-0.1, -0.05) is 11.6 Å². The molecular formula is C8H8N3NaO. The molecule has 0 aromatic rings. The zero-order valence-corrected chi connectivity index (χ0v) is 9.69. The maximum absolute atomic E-state index is 11.1. The van der Waals surface area contributed by atoms with Crippen LogP contribution in [0.2, 0.25) is 0 Å². The summed E-state index contributed by atoms with van der Waals surface area (Å²) in [6.07, 6.45) is 1.81. The van der Waals surface area contributed by atoms with Crippen molar-refractivity contribution in [3.63, 3.8) is 0 Å². The number of fused-ring (bicyclic) bond motifs is 2. The topological polar surface area (TPSA) is 58.2 Å². The van der Waals surface area contributed by atoms with Gasteiger partial charge in [0.25, 0.3) is 0 Å². The Morgan fingerprint density at radius 2 is 2.46 bits per heavy atom. The molecule has 2 rings (SSSR count). The first-order chi connectivity index (χ1) is 5.72. The molecule has 1 fully saturated rings. The largest absolute Gasteiger partial charge is 1.00 e. The van der Waals surface area contributed by atoms with Gasteiger partial charge < -0.3 is 10.2 Å². The molecule has 2 heterocycles. The van der Waals surface area contributed by atoms with Crippen LogP contribution in [-0.2, 0) is 0 Å². The van der Waals surface area contributed by atoms with Crippen molar-refractivity contribution in [2.75, 3.05) is 6.54 Å². The average molecular weight is 185 g/mol. The summed E-state index contributed by atoms with van der Waals surface area (Å²) in [4.78, 5) is 12.6. The van der Waals surface area contributed by atoms with E-state index in [1.54, 1.807) is 0 Å². The molecule has 2 atom stereocenters. The van der Waals surface area contributed by atoms with E-state index in [9.17, 15) is 4.79 Å². The van der Waals surface area contributed by atoms with Gasteiger partial charge in [0.2, 0.25) is 0 Å². The standard InChI is InChI=1S/C8H9N3O.Na/c1-5-2-6(3-9)11-4-7(5)10-8(11)12;/h2,6-7H,4H2,1H3,(H,10,12);/q;+1/p-1/t6-,7-;/m0./s1. The second-order valence-electron chi connectivity index (χ2n) is 3.06. The minimum absolute atomic E-state index is 0. The Morgan fingerprint density at radius 3 is 3.08 bits per heavy atom. The maximum atomic E-state index is 11.1. The van der Waals surface area contributed by atoms with Gasteiger partial charge in [-0.05, 0) is 19.5 Å². The normalized spacial score (nSPS) is 30.0. The van der Waals surface area contributed by atoms with Crippen molar-refractivity contribution in [3.8, 4) is 6.07 Å². The fraction of sp³-hybridized carbons (Fsp3) is 0.500. The molecule has 0 saturated carbocycles. The van der Waals surface area contributed by atoms with Crippen LogP contribution in [0.25, 0.3) is 5.32 Å². The fourth-order valence-electron chi connectivity index (χ4n) is 1.55. The zero-order chi connectivity index (χ0) is 8.72. The van der Waals surface area contributed by atoms with Crippen molar-refractivity contribution >= 4 is 6.03 Å². The first-order valence-electron chi connectivity index (χ1n) is 3.82. The number of amides is 2. The van der Waals surface area contributed by atoms with Crippen LogP contribution in [0.15, 0.2) is 11.6 Å². The number of carbonyl (C=O) groups excluding carboxylic acids is 1. The predicted molar refractivity (Wildman–Crippen MR) is 42.4 cm³/mol. The van der Waals surface area contributed by atoms with Crippen LogP contribution in [0.1, 0.15) is 6.92 Å². The Hall–Kier alpha value is -0.500. The SMILES string of the molecule is CC1=C[C@@H](C#N)N2C[C@@H]1[N-]C2=O.[Na+]. The van der Waals surface area contributed by atoms with Crippen LogP contribution < -0.4 is 29.6 Å². The molecule has 0 N–H and O–H groups in total. The third-order valence-corrected chi connectivity index (χ3v) is 2.30. The second-order valence-corrected chi connectivity index (χ2v) is 3.06. The molecule has 0 spiro atoms. The van der Waals surface area contributed by atoms with Crippen molar-refractivity contribution in [2.45, 2.75) is 19.0 Å². The quantitative estimate of drug-likeness (QED) is 0.324. The van der Waals surface area contributed by atoms with Gasteiger partial charge in [-0.15, -0.1) is 0 Å². The van der Waals surface area contributed by atoms with Gasteiger partial charge in [-0.2, -0.15) is 5.26 Å². The van der Waals surface area contributed by atoms with E-state index in [-0.39, 0.29) is 41.6 Å². The Kier molecular flexibility index (Phi) is 3.01. The Morgan fingerprint density at radius 1 is 1.77 bits per heavy atom. The molecule has 1 saturated heterocycles. The molecule has 62 valence electrons. The van der Waals surface area contributed by atoms with Crippen molar-refractivity contribution in [1.29, 1.82) is 5.26 Å². The maximum Gasteiger partial charge on any atom is 1.00 e. The van der Waals surface area contributed by atoms with Crippen LogP contribution in [0.3, 0.4) is 0 Å². The number of nitrogens with zero attached hydrogens (tertiary/aromatic N) is 3. The molecule has 4 nitrogen and oxygen atoms in total. The molecule has 0 unspecified atom stereocenters. The van der Waals surface area contributed by atoms with E-state index >= 15 is 0 Å². The summed E-state index contributed by atoms with van der Waals surface area (Å²) in [7, 11) is 0. The number of rotatable bonds is 0. The summed E-state index contributed by atoms with van der Waals surface area (Å²) in [5, 5.41) is 12.6. The van der Waals surface area contributed by atoms with E-state index in [4.69, 9.17) is 5.26 Å². The van der Waals surface area contributed by atoms with Crippen LogP contribution in [0, 0.1) is 11.3 Å². The summed E-state index contributed by atoms with van der Waals surface area (Å²) in [5.74, 6) is 0. The van der Waals surface area contributed by atoms with E-state index in [0.29, 0.717) is 6.54 Å². The van der Waals surface area contributed by atoms with E-state index in [0.717, 1.165) is 5.57 Å². The first kappa shape index (κ1) is 10.6. The third-order valence-electron chi connectivity index (χ3n) is 2.30. The smallest absolute Gasteiger partial charge is 0.423 e. The zero-order valence-electron chi connectivity index (χ0n) is 7.69. The van der Waals surface area contributed by atoms with E-state index in [2.05, 4.69) is 11.4 Å². The van der Waals surface area contributed by atoms with Crippen LogP contribution in [0.4, 0.5) is 4.79 Å². The van der Waals surface area contributed by atoms with E-state index < -0.39 is 6.04 Å². The van der Waals surface area contributed by atoms with E-state index in [1.807, 2.05) is 13.0 Å². The van der Waals surface area contributed by atoms with Gasteiger partial charge in [-0.3, -0.25) is 4.79 Å².